The van der Waals surface area contributed by atoms with E-state index < -0.39 is 11.6 Å². The van der Waals surface area contributed by atoms with Gasteiger partial charge in [-0.15, -0.1) is 11.8 Å². The molecule has 0 heterocycles. The van der Waals surface area contributed by atoms with E-state index in [1.165, 1.54) is 23.9 Å². The molecular formula is C11H15F2NS. The van der Waals surface area contributed by atoms with Gasteiger partial charge in [-0.1, -0.05) is 6.92 Å². The van der Waals surface area contributed by atoms with Gasteiger partial charge in [0.25, 0.3) is 0 Å². The SMILES string of the molecule is CC(N)CC(C)Sc1ccc(F)cc1F. The molecule has 15 heavy (non-hydrogen) atoms. The summed E-state index contributed by atoms with van der Waals surface area (Å²) >= 11 is 1.39. The molecule has 0 saturated carbocycles. The molecule has 0 aliphatic carbocycles. The maximum Gasteiger partial charge on any atom is 0.139 e. The third-order valence-electron chi connectivity index (χ3n) is 1.93. The molecule has 1 nitrogen and oxygen atoms in total. The van der Waals surface area contributed by atoms with Gasteiger partial charge in [0.2, 0.25) is 0 Å². The number of halogens is 2. The van der Waals surface area contributed by atoms with Crippen LogP contribution >= 0.6 is 11.8 Å². The second-order valence-corrected chi connectivity index (χ2v) is 5.20. The summed E-state index contributed by atoms with van der Waals surface area (Å²) in [5, 5.41) is 0.227. The van der Waals surface area contributed by atoms with E-state index in [4.69, 9.17) is 5.73 Å². The zero-order valence-electron chi connectivity index (χ0n) is 8.84. The lowest BCUT2D eigenvalue weighted by Gasteiger charge is -2.13. The van der Waals surface area contributed by atoms with Crippen LogP contribution in [0.5, 0.6) is 0 Å². The molecular weight excluding hydrogens is 216 g/mol. The van der Waals surface area contributed by atoms with Crippen molar-refractivity contribution in [2.75, 3.05) is 0 Å². The molecule has 0 aromatic heterocycles. The molecule has 0 saturated heterocycles. The number of benzene rings is 1. The molecule has 0 fully saturated rings. The minimum atomic E-state index is -0.545. The summed E-state index contributed by atoms with van der Waals surface area (Å²) in [6.45, 7) is 3.90. The van der Waals surface area contributed by atoms with E-state index in [1.54, 1.807) is 0 Å². The lowest BCUT2D eigenvalue weighted by atomic mass is 10.2. The van der Waals surface area contributed by atoms with E-state index in [0.717, 1.165) is 12.5 Å². The Morgan fingerprint density at radius 1 is 1.33 bits per heavy atom. The van der Waals surface area contributed by atoms with Gasteiger partial charge in [-0.3, -0.25) is 0 Å². The molecule has 1 aromatic rings. The third-order valence-corrected chi connectivity index (χ3v) is 3.11. The van der Waals surface area contributed by atoms with E-state index in [1.807, 2.05) is 13.8 Å². The summed E-state index contributed by atoms with van der Waals surface area (Å²) in [5.74, 6) is -1.05. The summed E-state index contributed by atoms with van der Waals surface area (Å²) < 4.78 is 25.9. The summed E-state index contributed by atoms with van der Waals surface area (Å²) in [6.07, 6.45) is 0.807. The Morgan fingerprint density at radius 2 is 2.00 bits per heavy atom. The average molecular weight is 231 g/mol. The molecule has 0 radical (unpaired) electrons. The highest BCUT2D eigenvalue weighted by molar-refractivity contribution is 8.00. The minimum Gasteiger partial charge on any atom is -0.328 e. The highest BCUT2D eigenvalue weighted by atomic mass is 32.2. The Hall–Kier alpha value is -0.610. The fraction of sp³-hybridized carbons (Fsp3) is 0.455. The van der Waals surface area contributed by atoms with E-state index in [9.17, 15) is 8.78 Å². The monoisotopic (exact) mass is 231 g/mol. The first-order chi connectivity index (χ1) is 6.99. The molecule has 2 N–H and O–H groups in total. The Labute approximate surface area is 93.1 Å². The van der Waals surface area contributed by atoms with Crippen LogP contribution in [0, 0.1) is 11.6 Å². The summed E-state index contributed by atoms with van der Waals surface area (Å²) in [5.41, 5.74) is 5.64. The van der Waals surface area contributed by atoms with Gasteiger partial charge in [0.1, 0.15) is 11.6 Å². The molecule has 4 heteroatoms. The Kier molecular flexibility index (Phi) is 4.54. The Balaban J connectivity index is 2.64. The van der Waals surface area contributed by atoms with Gasteiger partial charge in [0.15, 0.2) is 0 Å². The zero-order valence-corrected chi connectivity index (χ0v) is 9.65. The number of rotatable bonds is 4. The van der Waals surface area contributed by atoms with E-state index in [2.05, 4.69) is 0 Å². The first-order valence-corrected chi connectivity index (χ1v) is 5.74. The quantitative estimate of drug-likeness (QED) is 0.805. The lowest BCUT2D eigenvalue weighted by Crippen LogP contribution is -2.19. The van der Waals surface area contributed by atoms with Crippen molar-refractivity contribution in [3.8, 4) is 0 Å². The van der Waals surface area contributed by atoms with Crippen molar-refractivity contribution >= 4 is 11.8 Å². The van der Waals surface area contributed by atoms with Gasteiger partial charge < -0.3 is 5.73 Å². The van der Waals surface area contributed by atoms with Gasteiger partial charge in [0.05, 0.1) is 0 Å². The third kappa shape index (κ3) is 4.18. The van der Waals surface area contributed by atoms with Crippen molar-refractivity contribution in [2.45, 2.75) is 36.5 Å². The molecule has 84 valence electrons. The van der Waals surface area contributed by atoms with Gasteiger partial charge in [0, 0.05) is 22.3 Å². The molecule has 0 aliphatic rings. The standard InChI is InChI=1S/C11H15F2NS/c1-7(14)5-8(2)15-11-4-3-9(12)6-10(11)13/h3-4,6-8H,5,14H2,1-2H3. The molecule has 1 rings (SSSR count). The van der Waals surface area contributed by atoms with E-state index >= 15 is 0 Å². The second-order valence-electron chi connectivity index (χ2n) is 3.72. The number of hydrogen-bond donors (Lipinski definition) is 1. The van der Waals surface area contributed by atoms with Crippen LogP contribution in [0.2, 0.25) is 0 Å². The maximum absolute atomic E-state index is 13.3. The normalized spacial score (nSPS) is 15.0. The highest BCUT2D eigenvalue weighted by Gasteiger charge is 2.10. The predicted molar refractivity (Wildman–Crippen MR) is 59.9 cm³/mol. The Bertz CT molecular complexity index is 328. The van der Waals surface area contributed by atoms with Crippen molar-refractivity contribution in [3.63, 3.8) is 0 Å². The van der Waals surface area contributed by atoms with Gasteiger partial charge in [-0.25, -0.2) is 8.78 Å². The summed E-state index contributed by atoms with van der Waals surface area (Å²) in [4.78, 5) is 0.476. The molecule has 2 unspecified atom stereocenters. The predicted octanol–water partition coefficient (Wildman–Crippen LogP) is 3.18. The minimum absolute atomic E-state index is 0.0935. The number of hydrogen-bond acceptors (Lipinski definition) is 2. The largest absolute Gasteiger partial charge is 0.328 e. The molecule has 1 aromatic carbocycles. The van der Waals surface area contributed by atoms with Crippen LogP contribution in [-0.2, 0) is 0 Å². The fourth-order valence-electron chi connectivity index (χ4n) is 1.36. The molecule has 0 bridgehead atoms. The van der Waals surface area contributed by atoms with Crippen molar-refractivity contribution in [1.82, 2.24) is 0 Å². The topological polar surface area (TPSA) is 26.0 Å². The van der Waals surface area contributed by atoms with Gasteiger partial charge >= 0.3 is 0 Å². The van der Waals surface area contributed by atoms with Gasteiger partial charge in [-0.2, -0.15) is 0 Å². The number of thioether (sulfide) groups is 1. The van der Waals surface area contributed by atoms with Crippen LogP contribution in [0.15, 0.2) is 23.1 Å². The fourth-order valence-corrected chi connectivity index (χ4v) is 2.51. The van der Waals surface area contributed by atoms with Crippen molar-refractivity contribution in [2.24, 2.45) is 5.73 Å². The van der Waals surface area contributed by atoms with Crippen LogP contribution in [-0.4, -0.2) is 11.3 Å². The second kappa shape index (κ2) is 5.47. The van der Waals surface area contributed by atoms with Crippen LogP contribution in [0.3, 0.4) is 0 Å². The summed E-state index contributed by atoms with van der Waals surface area (Å²) in [6, 6.07) is 3.73. The maximum atomic E-state index is 13.3. The Morgan fingerprint density at radius 3 is 2.53 bits per heavy atom. The zero-order chi connectivity index (χ0) is 11.4. The smallest absolute Gasteiger partial charge is 0.139 e. The van der Waals surface area contributed by atoms with Crippen LogP contribution in [0.4, 0.5) is 8.78 Å². The van der Waals surface area contributed by atoms with Crippen LogP contribution in [0.25, 0.3) is 0 Å². The van der Waals surface area contributed by atoms with Gasteiger partial charge in [-0.05, 0) is 25.5 Å². The van der Waals surface area contributed by atoms with E-state index in [-0.39, 0.29) is 11.3 Å². The molecule has 0 aliphatic heterocycles. The van der Waals surface area contributed by atoms with E-state index in [0.29, 0.717) is 4.90 Å². The number of nitrogens with two attached hydrogens (primary N) is 1. The molecule has 0 spiro atoms. The van der Waals surface area contributed by atoms with Crippen molar-refractivity contribution in [1.29, 1.82) is 0 Å². The lowest BCUT2D eigenvalue weighted by molar-refractivity contribution is 0.565. The van der Waals surface area contributed by atoms with Crippen LogP contribution < -0.4 is 5.73 Å². The molecule has 2 atom stereocenters. The van der Waals surface area contributed by atoms with Crippen molar-refractivity contribution < 1.29 is 8.78 Å². The highest BCUT2D eigenvalue weighted by Crippen LogP contribution is 2.28. The summed E-state index contributed by atoms with van der Waals surface area (Å²) in [7, 11) is 0. The first-order valence-electron chi connectivity index (χ1n) is 4.86. The molecule has 0 amide bonds. The first kappa shape index (κ1) is 12.5. The average Bonchev–Trinajstić information content (AvgIpc) is 2.08. The van der Waals surface area contributed by atoms with Crippen LogP contribution in [0.1, 0.15) is 20.3 Å². The van der Waals surface area contributed by atoms with Crippen molar-refractivity contribution in [3.05, 3.63) is 29.8 Å².